The van der Waals surface area contributed by atoms with Gasteiger partial charge in [-0.3, -0.25) is 14.5 Å². The molecule has 3 rings (SSSR count). The zero-order chi connectivity index (χ0) is 18.7. The molecular formula is C19H21N3O3S. The number of carbonyl (C=O) groups excluding carboxylic acids is 1. The highest BCUT2D eigenvalue weighted by molar-refractivity contribution is 7.11. The van der Waals surface area contributed by atoms with Crippen LogP contribution in [0.25, 0.3) is 10.9 Å². The molecule has 4 N–H and O–H groups in total. The van der Waals surface area contributed by atoms with Crippen LogP contribution in [0.1, 0.15) is 25.8 Å². The van der Waals surface area contributed by atoms with Crippen LogP contribution in [0.3, 0.4) is 0 Å². The van der Waals surface area contributed by atoms with Gasteiger partial charge in [-0.1, -0.05) is 0 Å². The number of aromatic amines is 1. The van der Waals surface area contributed by atoms with Gasteiger partial charge in [-0.2, -0.15) is 0 Å². The van der Waals surface area contributed by atoms with Crippen molar-refractivity contribution in [3.63, 3.8) is 0 Å². The fourth-order valence-electron chi connectivity index (χ4n) is 2.93. The van der Waals surface area contributed by atoms with Crippen molar-refractivity contribution in [2.45, 2.75) is 20.0 Å². The molecule has 0 radical (unpaired) electrons. The number of nitrogens with one attached hydrogen (secondary N) is 1. The lowest BCUT2D eigenvalue weighted by molar-refractivity contribution is 0.100. The number of aromatic nitrogens is 1. The van der Waals surface area contributed by atoms with Crippen molar-refractivity contribution >= 4 is 28.1 Å². The van der Waals surface area contributed by atoms with E-state index in [4.69, 9.17) is 5.73 Å². The molecule has 0 fully saturated rings. The van der Waals surface area contributed by atoms with E-state index >= 15 is 0 Å². The summed E-state index contributed by atoms with van der Waals surface area (Å²) in [6, 6.07) is 10.5. The fraction of sp³-hybridized carbons (Fsp3) is 0.263. The molecule has 0 bridgehead atoms. The highest BCUT2D eigenvalue weighted by Crippen LogP contribution is 2.18. The number of hydrogen-bond donors (Lipinski definition) is 3. The highest BCUT2D eigenvalue weighted by Gasteiger charge is 2.11. The molecule has 2 heterocycles. The zero-order valence-electron chi connectivity index (χ0n) is 14.5. The summed E-state index contributed by atoms with van der Waals surface area (Å²) in [6.07, 6.45) is 0. The van der Waals surface area contributed by atoms with E-state index in [1.165, 1.54) is 21.9 Å². The van der Waals surface area contributed by atoms with Crippen molar-refractivity contribution < 1.29 is 9.90 Å². The van der Waals surface area contributed by atoms with Gasteiger partial charge in [0.1, 0.15) is 0 Å². The molecule has 0 saturated carbocycles. The quantitative estimate of drug-likeness (QED) is 0.591. The molecule has 3 aromatic rings. The van der Waals surface area contributed by atoms with Crippen LogP contribution < -0.4 is 11.2 Å². The van der Waals surface area contributed by atoms with E-state index in [1.807, 2.05) is 0 Å². The third-order valence-corrected chi connectivity index (χ3v) is 5.14. The Morgan fingerprint density at radius 2 is 2.04 bits per heavy atom. The van der Waals surface area contributed by atoms with Crippen LogP contribution in [0, 0.1) is 6.92 Å². The second kappa shape index (κ2) is 7.82. The van der Waals surface area contributed by atoms with Crippen molar-refractivity contribution in [2.75, 3.05) is 13.2 Å². The van der Waals surface area contributed by atoms with Crippen LogP contribution in [0.15, 0.2) is 41.2 Å². The molecule has 0 saturated heterocycles. The first kappa shape index (κ1) is 18.3. The van der Waals surface area contributed by atoms with Crippen molar-refractivity contribution in [2.24, 2.45) is 5.73 Å². The number of H-pyrrole nitrogens is 1. The first-order chi connectivity index (χ1) is 12.5. The SMILES string of the molecule is Cc1ccc(CN(CCO)Cc2cc(=O)c3cc(C(N)=O)ccc3[nH]2)s1. The maximum atomic E-state index is 12.4. The number of carbonyl (C=O) groups is 1. The van der Waals surface area contributed by atoms with Gasteiger partial charge < -0.3 is 15.8 Å². The number of primary amides is 1. The lowest BCUT2D eigenvalue weighted by Gasteiger charge is -2.20. The van der Waals surface area contributed by atoms with Crippen LogP contribution in [-0.4, -0.2) is 34.0 Å². The number of aliphatic hydroxyl groups is 1. The maximum absolute atomic E-state index is 12.4. The molecule has 2 aromatic heterocycles. The van der Waals surface area contributed by atoms with E-state index in [0.29, 0.717) is 36.1 Å². The van der Waals surface area contributed by atoms with Crippen LogP contribution in [-0.2, 0) is 13.1 Å². The molecule has 1 amide bonds. The molecule has 26 heavy (non-hydrogen) atoms. The number of aryl methyl sites for hydroxylation is 1. The number of pyridine rings is 1. The molecule has 0 aliphatic rings. The number of fused-ring (bicyclic) bond motifs is 1. The predicted octanol–water partition coefficient (Wildman–Crippen LogP) is 1.99. The fourth-order valence-corrected chi connectivity index (χ4v) is 3.86. The third-order valence-electron chi connectivity index (χ3n) is 4.16. The number of nitrogens with two attached hydrogens (primary N) is 1. The van der Waals surface area contributed by atoms with Crippen molar-refractivity contribution in [3.8, 4) is 0 Å². The Morgan fingerprint density at radius 3 is 2.69 bits per heavy atom. The number of aliphatic hydroxyl groups excluding tert-OH is 1. The zero-order valence-corrected chi connectivity index (χ0v) is 15.3. The predicted molar refractivity (Wildman–Crippen MR) is 103 cm³/mol. The van der Waals surface area contributed by atoms with E-state index in [0.717, 1.165) is 5.69 Å². The monoisotopic (exact) mass is 371 g/mol. The summed E-state index contributed by atoms with van der Waals surface area (Å²) >= 11 is 1.72. The summed E-state index contributed by atoms with van der Waals surface area (Å²) in [4.78, 5) is 31.5. The van der Waals surface area contributed by atoms with Gasteiger partial charge in [0.05, 0.1) is 6.61 Å². The molecule has 0 aliphatic heterocycles. The minimum atomic E-state index is -0.560. The molecule has 0 atom stereocenters. The minimum Gasteiger partial charge on any atom is -0.395 e. The van der Waals surface area contributed by atoms with E-state index in [1.54, 1.807) is 23.5 Å². The molecule has 0 spiro atoms. The average Bonchev–Trinajstić information content (AvgIpc) is 2.99. The van der Waals surface area contributed by atoms with Gasteiger partial charge >= 0.3 is 0 Å². The molecule has 1 aromatic carbocycles. The van der Waals surface area contributed by atoms with Gasteiger partial charge in [-0.25, -0.2) is 0 Å². The Morgan fingerprint density at radius 1 is 1.23 bits per heavy atom. The second-order valence-electron chi connectivity index (χ2n) is 6.23. The number of hydrogen-bond acceptors (Lipinski definition) is 5. The van der Waals surface area contributed by atoms with Gasteiger partial charge in [0.15, 0.2) is 5.43 Å². The summed E-state index contributed by atoms with van der Waals surface area (Å²) in [5, 5.41) is 9.79. The van der Waals surface area contributed by atoms with Crippen LogP contribution in [0.2, 0.25) is 0 Å². The summed E-state index contributed by atoms with van der Waals surface area (Å²) in [7, 11) is 0. The molecular weight excluding hydrogens is 350 g/mol. The largest absolute Gasteiger partial charge is 0.395 e. The standard InChI is InChI=1S/C19H21N3O3S/c1-12-2-4-15(26-12)11-22(6-7-23)10-14-9-18(24)16-8-13(19(20)25)3-5-17(16)21-14/h2-5,8-9,23H,6-7,10-11H2,1H3,(H2,20,25)(H,21,24). The molecule has 7 heteroatoms. The number of nitrogens with zero attached hydrogens (tertiary/aromatic N) is 1. The van der Waals surface area contributed by atoms with E-state index in [9.17, 15) is 14.7 Å². The third kappa shape index (κ3) is 4.19. The Hall–Kier alpha value is -2.48. The molecule has 0 aliphatic carbocycles. The van der Waals surface area contributed by atoms with Gasteiger partial charge in [-0.15, -0.1) is 11.3 Å². The average molecular weight is 371 g/mol. The van der Waals surface area contributed by atoms with Gasteiger partial charge in [-0.05, 0) is 37.3 Å². The summed E-state index contributed by atoms with van der Waals surface area (Å²) in [5.41, 5.74) is 6.85. The van der Waals surface area contributed by atoms with Gasteiger partial charge in [0, 0.05) is 57.6 Å². The van der Waals surface area contributed by atoms with Crippen LogP contribution >= 0.6 is 11.3 Å². The Bertz CT molecular complexity index is 993. The first-order valence-electron chi connectivity index (χ1n) is 8.30. The smallest absolute Gasteiger partial charge is 0.248 e. The van der Waals surface area contributed by atoms with Gasteiger partial charge in [0.25, 0.3) is 0 Å². The van der Waals surface area contributed by atoms with E-state index in [2.05, 4.69) is 28.9 Å². The van der Waals surface area contributed by atoms with E-state index < -0.39 is 5.91 Å². The Kier molecular flexibility index (Phi) is 5.51. The lowest BCUT2D eigenvalue weighted by atomic mass is 10.1. The highest BCUT2D eigenvalue weighted by atomic mass is 32.1. The number of thiophene rings is 1. The van der Waals surface area contributed by atoms with E-state index in [-0.39, 0.29) is 12.0 Å². The summed E-state index contributed by atoms with van der Waals surface area (Å²) in [5.74, 6) is -0.560. The van der Waals surface area contributed by atoms with Gasteiger partial charge in [0.2, 0.25) is 5.91 Å². The normalized spacial score (nSPS) is 11.3. The Balaban J connectivity index is 1.87. The maximum Gasteiger partial charge on any atom is 0.248 e. The number of rotatable bonds is 7. The first-order valence-corrected chi connectivity index (χ1v) is 9.12. The van der Waals surface area contributed by atoms with Crippen molar-refractivity contribution in [3.05, 3.63) is 67.6 Å². The molecule has 136 valence electrons. The molecule has 6 nitrogen and oxygen atoms in total. The minimum absolute atomic E-state index is 0.0458. The molecule has 0 unspecified atom stereocenters. The summed E-state index contributed by atoms with van der Waals surface area (Å²) < 4.78 is 0. The second-order valence-corrected chi connectivity index (χ2v) is 7.60. The van der Waals surface area contributed by atoms with Crippen molar-refractivity contribution in [1.82, 2.24) is 9.88 Å². The van der Waals surface area contributed by atoms with Crippen LogP contribution in [0.4, 0.5) is 0 Å². The van der Waals surface area contributed by atoms with Crippen LogP contribution in [0.5, 0.6) is 0 Å². The Labute approximate surface area is 154 Å². The number of amides is 1. The lowest BCUT2D eigenvalue weighted by Crippen LogP contribution is -2.26. The summed E-state index contributed by atoms with van der Waals surface area (Å²) in [6.45, 7) is 3.84. The van der Waals surface area contributed by atoms with Crippen molar-refractivity contribution in [1.29, 1.82) is 0 Å². The topological polar surface area (TPSA) is 99.4 Å². The number of benzene rings is 1.